The lowest BCUT2D eigenvalue weighted by atomic mass is 9.54. The zero-order chi connectivity index (χ0) is 25.6. The molecule has 1 N–H and O–H groups in total. The SMILES string of the molecule is Cc1ccc(C)c(NC(=O)[C@H](C)N2C(=O)[C@@H]3[C@H](C2=O)C2(Cl)c4ccccc4C3(Cl)c3ccccc32)c1. The largest absolute Gasteiger partial charge is 0.324 e. The van der Waals surface area contributed by atoms with E-state index in [2.05, 4.69) is 5.32 Å². The molecule has 0 radical (unpaired) electrons. The monoisotopic (exact) mass is 518 g/mol. The summed E-state index contributed by atoms with van der Waals surface area (Å²) in [4.78, 5) is 39.9. The van der Waals surface area contributed by atoms with Crippen LogP contribution in [0.3, 0.4) is 0 Å². The van der Waals surface area contributed by atoms with Gasteiger partial charge in [-0.05, 0) is 60.2 Å². The van der Waals surface area contributed by atoms with Gasteiger partial charge < -0.3 is 5.32 Å². The van der Waals surface area contributed by atoms with Crippen LogP contribution in [0, 0.1) is 25.7 Å². The molecule has 0 unspecified atom stereocenters. The highest BCUT2D eigenvalue weighted by Gasteiger charge is 2.73. The van der Waals surface area contributed by atoms with Crippen molar-refractivity contribution in [3.05, 3.63) is 100 Å². The highest BCUT2D eigenvalue weighted by Crippen LogP contribution is 2.69. The van der Waals surface area contributed by atoms with E-state index in [1.807, 2.05) is 80.6 Å². The maximum atomic E-state index is 14.0. The van der Waals surface area contributed by atoms with Gasteiger partial charge in [0.05, 0.1) is 11.8 Å². The molecule has 5 nitrogen and oxygen atoms in total. The summed E-state index contributed by atoms with van der Waals surface area (Å²) in [5.41, 5.74) is 5.45. The third-order valence-electron chi connectivity index (χ3n) is 8.04. The third-order valence-corrected chi connectivity index (χ3v) is 9.32. The Morgan fingerprint density at radius 3 is 1.72 bits per heavy atom. The lowest BCUT2D eigenvalue weighted by Crippen LogP contribution is -2.57. The van der Waals surface area contributed by atoms with Gasteiger partial charge in [0.15, 0.2) is 0 Å². The van der Waals surface area contributed by atoms with E-state index in [9.17, 15) is 14.4 Å². The van der Waals surface area contributed by atoms with Crippen LogP contribution in [0.4, 0.5) is 5.69 Å². The summed E-state index contributed by atoms with van der Waals surface area (Å²) in [6.45, 7) is 5.39. The number of aryl methyl sites for hydroxylation is 2. The number of carbonyl (C=O) groups excluding carboxylic acids is 3. The van der Waals surface area contributed by atoms with Crippen LogP contribution >= 0.6 is 23.2 Å². The van der Waals surface area contributed by atoms with Crippen LogP contribution in [0.2, 0.25) is 0 Å². The topological polar surface area (TPSA) is 66.5 Å². The molecule has 1 fully saturated rings. The number of imide groups is 1. The number of benzene rings is 3. The summed E-state index contributed by atoms with van der Waals surface area (Å²) in [5.74, 6) is -3.25. The molecule has 0 spiro atoms. The van der Waals surface area contributed by atoms with E-state index in [-0.39, 0.29) is 0 Å². The first-order chi connectivity index (χ1) is 17.1. The van der Waals surface area contributed by atoms with Crippen molar-refractivity contribution in [2.45, 2.75) is 36.6 Å². The van der Waals surface area contributed by atoms with Gasteiger partial charge in [-0.15, -0.1) is 23.2 Å². The van der Waals surface area contributed by atoms with Gasteiger partial charge in [0.2, 0.25) is 17.7 Å². The Labute approximate surface area is 219 Å². The molecule has 0 saturated carbocycles. The van der Waals surface area contributed by atoms with Crippen LogP contribution in [0.1, 0.15) is 40.3 Å². The second kappa shape index (κ2) is 7.67. The minimum atomic E-state index is -1.26. The molecule has 7 rings (SSSR count). The lowest BCUT2D eigenvalue weighted by molar-refractivity contribution is -0.146. The van der Waals surface area contributed by atoms with Crippen LogP contribution < -0.4 is 5.32 Å². The second-order valence-corrected chi connectivity index (χ2v) is 11.2. The average Bonchev–Trinajstić information content (AvgIpc) is 3.15. The minimum Gasteiger partial charge on any atom is -0.324 e. The van der Waals surface area contributed by atoms with Crippen molar-refractivity contribution in [3.63, 3.8) is 0 Å². The first-order valence-electron chi connectivity index (χ1n) is 11.9. The van der Waals surface area contributed by atoms with E-state index in [4.69, 9.17) is 23.2 Å². The van der Waals surface area contributed by atoms with E-state index in [1.165, 1.54) is 0 Å². The molecule has 3 aromatic carbocycles. The summed E-state index contributed by atoms with van der Waals surface area (Å²) < 4.78 is 0. The molecule has 3 aliphatic carbocycles. The molecule has 7 heteroatoms. The predicted molar refractivity (Wildman–Crippen MR) is 139 cm³/mol. The number of alkyl halides is 2. The Kier molecular flexibility index (Phi) is 4.96. The smallest absolute Gasteiger partial charge is 0.247 e. The van der Waals surface area contributed by atoms with Gasteiger partial charge >= 0.3 is 0 Å². The fraction of sp³-hybridized carbons (Fsp3) is 0.276. The zero-order valence-corrected chi connectivity index (χ0v) is 21.5. The maximum Gasteiger partial charge on any atom is 0.247 e. The van der Waals surface area contributed by atoms with Gasteiger partial charge in [0.1, 0.15) is 15.8 Å². The van der Waals surface area contributed by atoms with Gasteiger partial charge in [0.25, 0.3) is 0 Å². The summed E-state index contributed by atoms with van der Waals surface area (Å²) in [7, 11) is 0. The maximum absolute atomic E-state index is 14.0. The Bertz CT molecular complexity index is 1360. The second-order valence-electron chi connectivity index (χ2n) is 10.0. The zero-order valence-electron chi connectivity index (χ0n) is 20.0. The molecule has 4 aliphatic rings. The van der Waals surface area contributed by atoms with E-state index >= 15 is 0 Å². The van der Waals surface area contributed by atoms with Crippen LogP contribution in [0.15, 0.2) is 66.7 Å². The predicted octanol–water partition coefficient (Wildman–Crippen LogP) is 5.22. The number of nitrogens with one attached hydrogen (secondary N) is 1. The number of halogens is 2. The normalized spacial score (nSPS) is 28.4. The molecular weight excluding hydrogens is 495 g/mol. The number of amides is 3. The number of likely N-dealkylation sites (tertiary alicyclic amines) is 1. The number of carbonyl (C=O) groups is 3. The number of nitrogens with zero attached hydrogens (tertiary/aromatic N) is 1. The van der Waals surface area contributed by atoms with E-state index in [1.54, 1.807) is 6.92 Å². The van der Waals surface area contributed by atoms with Crippen molar-refractivity contribution in [1.82, 2.24) is 4.90 Å². The van der Waals surface area contributed by atoms with Crippen molar-refractivity contribution in [3.8, 4) is 0 Å². The van der Waals surface area contributed by atoms with Gasteiger partial charge in [-0.3, -0.25) is 19.3 Å². The van der Waals surface area contributed by atoms with Gasteiger partial charge in [0, 0.05) is 5.69 Å². The summed E-state index contributed by atoms with van der Waals surface area (Å²) >= 11 is 14.9. The molecule has 1 aliphatic heterocycles. The first kappa shape index (κ1) is 23.3. The Morgan fingerprint density at radius 2 is 1.28 bits per heavy atom. The van der Waals surface area contributed by atoms with E-state index in [0.29, 0.717) is 5.69 Å². The highest BCUT2D eigenvalue weighted by atomic mass is 35.5. The van der Waals surface area contributed by atoms with Gasteiger partial charge in [-0.25, -0.2) is 0 Å². The number of rotatable bonds is 3. The highest BCUT2D eigenvalue weighted by molar-refractivity contribution is 6.36. The molecule has 3 atom stereocenters. The molecule has 2 bridgehead atoms. The average molecular weight is 519 g/mol. The first-order valence-corrected chi connectivity index (χ1v) is 12.7. The molecule has 1 saturated heterocycles. The van der Waals surface area contributed by atoms with Crippen molar-refractivity contribution >= 4 is 46.6 Å². The molecule has 36 heavy (non-hydrogen) atoms. The number of hydrogen-bond donors (Lipinski definition) is 1. The fourth-order valence-electron chi connectivity index (χ4n) is 6.30. The Morgan fingerprint density at radius 1 is 0.833 bits per heavy atom. The summed E-state index contributed by atoms with van der Waals surface area (Å²) in [6.07, 6.45) is 0. The number of anilines is 1. The third kappa shape index (κ3) is 2.76. The van der Waals surface area contributed by atoms with Crippen molar-refractivity contribution < 1.29 is 14.4 Å². The molecule has 1 heterocycles. The van der Waals surface area contributed by atoms with Crippen molar-refractivity contribution in [2.75, 3.05) is 5.32 Å². The van der Waals surface area contributed by atoms with Crippen LogP contribution in [-0.2, 0) is 24.1 Å². The van der Waals surface area contributed by atoms with Gasteiger partial charge in [-0.2, -0.15) is 0 Å². The molecule has 3 amide bonds. The van der Waals surface area contributed by atoms with E-state index in [0.717, 1.165) is 38.3 Å². The van der Waals surface area contributed by atoms with Gasteiger partial charge in [-0.1, -0.05) is 60.7 Å². The Hall–Kier alpha value is -3.15. The minimum absolute atomic E-state index is 0.446. The molecule has 182 valence electrons. The molecular formula is C29H24Cl2N2O3. The molecule has 0 aromatic heterocycles. The summed E-state index contributed by atoms with van der Waals surface area (Å²) in [5, 5.41) is 2.89. The van der Waals surface area contributed by atoms with E-state index < -0.39 is 45.3 Å². The van der Waals surface area contributed by atoms with Crippen molar-refractivity contribution in [1.29, 1.82) is 0 Å². The molecule has 3 aromatic rings. The van der Waals surface area contributed by atoms with Crippen molar-refractivity contribution in [2.24, 2.45) is 11.8 Å². The van der Waals surface area contributed by atoms with Crippen LogP contribution in [0.5, 0.6) is 0 Å². The lowest BCUT2D eigenvalue weighted by Gasteiger charge is -2.54. The quantitative estimate of drug-likeness (QED) is 0.381. The summed E-state index contributed by atoms with van der Waals surface area (Å²) in [6, 6.07) is 19.7. The fourth-order valence-corrected chi connectivity index (χ4v) is 7.39. The Balaban J connectivity index is 1.45. The standard InChI is InChI=1S/C29H24Cl2N2O3/c1-15-12-13-16(2)22(14-15)32-25(34)17(3)33-26(35)23-24(27(33)36)29(31)19-9-5-4-8-18(19)28(23,30)20-10-6-7-11-21(20)29/h4-14,17,23-24H,1-3H3,(H,32,34)/t17-,23-,24+,28?,29?/m0/s1. The van der Waals surface area contributed by atoms with Crippen LogP contribution in [0.25, 0.3) is 0 Å². The number of hydrogen-bond acceptors (Lipinski definition) is 3. The van der Waals surface area contributed by atoms with Crippen LogP contribution in [-0.4, -0.2) is 28.7 Å².